The van der Waals surface area contributed by atoms with Crippen molar-refractivity contribution in [1.82, 2.24) is 15.1 Å². The molecule has 1 heterocycles. The summed E-state index contributed by atoms with van der Waals surface area (Å²) in [4.78, 5) is 16.4. The molecular formula is C18H29N3O2. The minimum Gasteiger partial charge on any atom is -0.491 e. The van der Waals surface area contributed by atoms with Crippen molar-refractivity contribution >= 4 is 6.03 Å². The lowest BCUT2D eigenvalue weighted by Crippen LogP contribution is -2.52. The van der Waals surface area contributed by atoms with E-state index in [1.165, 1.54) is 11.1 Å². The van der Waals surface area contributed by atoms with Crippen LogP contribution in [0, 0.1) is 20.8 Å². The number of benzene rings is 1. The van der Waals surface area contributed by atoms with Crippen LogP contribution < -0.4 is 10.1 Å². The van der Waals surface area contributed by atoms with Gasteiger partial charge in [0.25, 0.3) is 0 Å². The van der Waals surface area contributed by atoms with Gasteiger partial charge in [-0.2, -0.15) is 0 Å². The molecule has 0 bridgehead atoms. The summed E-state index contributed by atoms with van der Waals surface area (Å²) in [6, 6.07) is 4.20. The van der Waals surface area contributed by atoms with E-state index in [-0.39, 0.29) is 6.03 Å². The fourth-order valence-corrected chi connectivity index (χ4v) is 2.84. The highest BCUT2D eigenvalue weighted by atomic mass is 16.5. The molecule has 2 rings (SSSR count). The number of nitrogens with zero attached hydrogens (tertiary/aromatic N) is 2. The number of urea groups is 1. The van der Waals surface area contributed by atoms with Gasteiger partial charge in [0.1, 0.15) is 12.4 Å². The Kier molecular flexibility index (Phi) is 6.28. The van der Waals surface area contributed by atoms with Crippen molar-refractivity contribution in [3.8, 4) is 5.75 Å². The number of likely N-dealkylation sites (N-methyl/N-ethyl adjacent to an activating group) is 1. The Morgan fingerprint density at radius 3 is 2.43 bits per heavy atom. The lowest BCUT2D eigenvalue weighted by molar-refractivity contribution is 0.142. The average Bonchev–Trinajstić information content (AvgIpc) is 2.57. The summed E-state index contributed by atoms with van der Waals surface area (Å²) < 4.78 is 5.88. The molecule has 5 nitrogen and oxygen atoms in total. The highest BCUT2D eigenvalue weighted by molar-refractivity contribution is 5.74. The van der Waals surface area contributed by atoms with E-state index in [0.29, 0.717) is 13.2 Å². The van der Waals surface area contributed by atoms with Crippen LogP contribution >= 0.6 is 0 Å². The van der Waals surface area contributed by atoms with E-state index in [0.717, 1.165) is 44.0 Å². The maximum absolute atomic E-state index is 12.1. The summed E-state index contributed by atoms with van der Waals surface area (Å²) in [6.45, 7) is 14.0. The van der Waals surface area contributed by atoms with Gasteiger partial charge in [-0.3, -0.25) is 0 Å². The van der Waals surface area contributed by atoms with Gasteiger partial charge in [0, 0.05) is 26.2 Å². The molecule has 1 saturated heterocycles. The Bertz CT molecular complexity index is 537. The van der Waals surface area contributed by atoms with Crippen molar-refractivity contribution in [1.29, 1.82) is 0 Å². The summed E-state index contributed by atoms with van der Waals surface area (Å²) in [5.74, 6) is 0.941. The molecule has 2 amide bonds. The number of nitrogens with one attached hydrogen (secondary N) is 1. The highest BCUT2D eigenvalue weighted by Gasteiger charge is 2.19. The number of rotatable bonds is 5. The smallest absolute Gasteiger partial charge is 0.317 e. The maximum atomic E-state index is 12.1. The lowest BCUT2D eigenvalue weighted by Gasteiger charge is -2.34. The summed E-state index contributed by atoms with van der Waals surface area (Å²) >= 11 is 0. The summed E-state index contributed by atoms with van der Waals surface area (Å²) in [6.07, 6.45) is 0. The summed E-state index contributed by atoms with van der Waals surface area (Å²) in [5, 5.41) is 2.95. The molecule has 0 saturated carbocycles. The molecule has 0 radical (unpaired) electrons. The van der Waals surface area contributed by atoms with Crippen molar-refractivity contribution < 1.29 is 9.53 Å². The van der Waals surface area contributed by atoms with E-state index in [4.69, 9.17) is 4.74 Å². The maximum Gasteiger partial charge on any atom is 0.317 e. The first-order valence-electron chi connectivity index (χ1n) is 8.47. The average molecular weight is 319 g/mol. The van der Waals surface area contributed by atoms with Gasteiger partial charge in [-0.25, -0.2) is 4.79 Å². The minimum absolute atomic E-state index is 0.0158. The molecule has 1 aliphatic rings. The van der Waals surface area contributed by atoms with Crippen molar-refractivity contribution in [3.05, 3.63) is 28.8 Å². The normalized spacial score (nSPS) is 15.6. The fourth-order valence-electron chi connectivity index (χ4n) is 2.84. The van der Waals surface area contributed by atoms with Crippen LogP contribution in [0.25, 0.3) is 0 Å². The van der Waals surface area contributed by atoms with Gasteiger partial charge in [0.05, 0.1) is 6.54 Å². The van der Waals surface area contributed by atoms with Crippen molar-refractivity contribution in [2.24, 2.45) is 0 Å². The molecule has 0 atom stereocenters. The van der Waals surface area contributed by atoms with Crippen LogP contribution in [-0.2, 0) is 0 Å². The number of hydrogen-bond donors (Lipinski definition) is 1. The minimum atomic E-state index is 0.0158. The first kappa shape index (κ1) is 17.6. The van der Waals surface area contributed by atoms with Crippen molar-refractivity contribution in [2.75, 3.05) is 45.9 Å². The number of aryl methyl sites for hydroxylation is 2. The zero-order valence-corrected chi connectivity index (χ0v) is 14.8. The second-order valence-electron chi connectivity index (χ2n) is 6.16. The van der Waals surface area contributed by atoms with Crippen molar-refractivity contribution in [2.45, 2.75) is 27.7 Å². The third kappa shape index (κ3) is 4.61. The van der Waals surface area contributed by atoms with Gasteiger partial charge in [0.2, 0.25) is 0 Å². The predicted octanol–water partition coefficient (Wildman–Crippen LogP) is 2.34. The van der Waals surface area contributed by atoms with Gasteiger partial charge in [-0.15, -0.1) is 0 Å². The molecule has 5 heteroatoms. The number of piperazine rings is 1. The highest BCUT2D eigenvalue weighted by Crippen LogP contribution is 2.25. The largest absolute Gasteiger partial charge is 0.491 e. The first-order chi connectivity index (χ1) is 11.0. The summed E-state index contributed by atoms with van der Waals surface area (Å²) in [7, 11) is 0. The number of carbonyl (C=O) groups is 1. The van der Waals surface area contributed by atoms with Crippen LogP contribution in [0.5, 0.6) is 5.75 Å². The molecule has 23 heavy (non-hydrogen) atoms. The molecule has 0 spiro atoms. The number of hydrogen-bond acceptors (Lipinski definition) is 3. The quantitative estimate of drug-likeness (QED) is 0.847. The lowest BCUT2D eigenvalue weighted by atomic mass is 10.1. The van der Waals surface area contributed by atoms with Gasteiger partial charge < -0.3 is 19.9 Å². The van der Waals surface area contributed by atoms with Crippen LogP contribution in [0.1, 0.15) is 23.6 Å². The standard InChI is InChI=1S/C18H29N3O2/c1-5-20-9-11-21(12-10-20)18(22)19-8-13-23-17-15(3)7-6-14(2)16(17)4/h6-7H,5,8-13H2,1-4H3,(H,19,22). The first-order valence-corrected chi connectivity index (χ1v) is 8.47. The number of amides is 2. The van der Waals surface area contributed by atoms with Crippen LogP contribution in [0.2, 0.25) is 0 Å². The predicted molar refractivity (Wildman–Crippen MR) is 93.2 cm³/mol. The second kappa shape index (κ2) is 8.20. The SMILES string of the molecule is CCN1CCN(C(=O)NCCOc2c(C)ccc(C)c2C)CC1. The van der Waals surface area contributed by atoms with Crippen LogP contribution in [0.3, 0.4) is 0 Å². The Balaban J connectivity index is 1.74. The van der Waals surface area contributed by atoms with E-state index in [9.17, 15) is 4.79 Å². The van der Waals surface area contributed by atoms with Gasteiger partial charge in [-0.05, 0) is 44.0 Å². The molecule has 1 aromatic rings. The Labute approximate surface area is 139 Å². The van der Waals surface area contributed by atoms with E-state index in [2.05, 4.69) is 43.1 Å². The third-order valence-electron chi connectivity index (χ3n) is 4.60. The van der Waals surface area contributed by atoms with E-state index in [1.54, 1.807) is 0 Å². The Morgan fingerprint density at radius 1 is 1.13 bits per heavy atom. The summed E-state index contributed by atoms with van der Waals surface area (Å²) in [5.41, 5.74) is 3.53. The Morgan fingerprint density at radius 2 is 1.78 bits per heavy atom. The van der Waals surface area contributed by atoms with Gasteiger partial charge >= 0.3 is 6.03 Å². The van der Waals surface area contributed by atoms with Crippen LogP contribution in [-0.4, -0.2) is 61.7 Å². The Hall–Kier alpha value is -1.75. The van der Waals surface area contributed by atoms with Gasteiger partial charge in [-0.1, -0.05) is 19.1 Å². The molecule has 0 aliphatic carbocycles. The van der Waals surface area contributed by atoms with E-state index in [1.807, 2.05) is 11.8 Å². The number of carbonyl (C=O) groups excluding carboxylic acids is 1. The van der Waals surface area contributed by atoms with Gasteiger partial charge in [0.15, 0.2) is 0 Å². The molecule has 1 N–H and O–H groups in total. The zero-order valence-electron chi connectivity index (χ0n) is 14.8. The molecule has 1 fully saturated rings. The molecule has 1 aromatic carbocycles. The third-order valence-corrected chi connectivity index (χ3v) is 4.60. The van der Waals surface area contributed by atoms with Crippen LogP contribution in [0.4, 0.5) is 4.79 Å². The van der Waals surface area contributed by atoms with E-state index >= 15 is 0 Å². The molecular weight excluding hydrogens is 290 g/mol. The molecule has 0 unspecified atom stereocenters. The fraction of sp³-hybridized carbons (Fsp3) is 0.611. The second-order valence-corrected chi connectivity index (χ2v) is 6.16. The monoisotopic (exact) mass is 319 g/mol. The zero-order chi connectivity index (χ0) is 16.8. The molecule has 0 aromatic heterocycles. The van der Waals surface area contributed by atoms with E-state index < -0.39 is 0 Å². The number of ether oxygens (including phenoxy) is 1. The van der Waals surface area contributed by atoms with Crippen LogP contribution in [0.15, 0.2) is 12.1 Å². The molecule has 1 aliphatic heterocycles. The molecule has 128 valence electrons. The topological polar surface area (TPSA) is 44.8 Å². The van der Waals surface area contributed by atoms with Crippen molar-refractivity contribution in [3.63, 3.8) is 0 Å².